The molecule has 10 heteroatoms. The number of benzene rings is 2. The molecule has 160 valence electrons. The third-order valence-electron chi connectivity index (χ3n) is 5.11. The third-order valence-corrected chi connectivity index (χ3v) is 6.94. The van der Waals surface area contributed by atoms with Crippen molar-refractivity contribution in [1.82, 2.24) is 9.21 Å². The van der Waals surface area contributed by atoms with Crippen LogP contribution in [0.1, 0.15) is 0 Å². The van der Waals surface area contributed by atoms with Gasteiger partial charge in [-0.25, -0.2) is 17.6 Å². The van der Waals surface area contributed by atoms with Gasteiger partial charge >= 0.3 is 6.03 Å². The van der Waals surface area contributed by atoms with Crippen molar-refractivity contribution in [3.63, 3.8) is 0 Å². The molecule has 30 heavy (non-hydrogen) atoms. The number of hydrogen-bond donors (Lipinski definition) is 1. The second-order valence-electron chi connectivity index (χ2n) is 7.22. The summed E-state index contributed by atoms with van der Waals surface area (Å²) in [6.45, 7) is 0.713. The quantitative estimate of drug-likeness (QED) is 0.795. The molecule has 0 spiro atoms. The number of anilines is 1. The van der Waals surface area contributed by atoms with E-state index < -0.39 is 28.0 Å². The van der Waals surface area contributed by atoms with E-state index in [2.05, 4.69) is 5.32 Å². The molecular weight excluding hydrogens is 413 g/mol. The van der Waals surface area contributed by atoms with Crippen LogP contribution in [0.4, 0.5) is 14.9 Å². The molecule has 0 aliphatic carbocycles. The molecule has 2 atom stereocenters. The van der Waals surface area contributed by atoms with Crippen molar-refractivity contribution in [2.45, 2.75) is 17.1 Å². The number of nitrogens with one attached hydrogen (secondary N) is 1. The summed E-state index contributed by atoms with van der Waals surface area (Å²) in [5.41, 5.74) is 0.632. The van der Waals surface area contributed by atoms with Gasteiger partial charge in [0, 0.05) is 18.8 Å². The molecule has 2 amide bonds. The molecule has 2 saturated heterocycles. The van der Waals surface area contributed by atoms with Crippen molar-refractivity contribution in [2.24, 2.45) is 0 Å². The monoisotopic (exact) mass is 435 g/mol. The smallest absolute Gasteiger partial charge is 0.322 e. The van der Waals surface area contributed by atoms with Crippen LogP contribution in [-0.2, 0) is 14.8 Å². The predicted molar refractivity (Wildman–Crippen MR) is 107 cm³/mol. The van der Waals surface area contributed by atoms with E-state index in [1.165, 1.54) is 22.5 Å². The van der Waals surface area contributed by atoms with Gasteiger partial charge in [0.25, 0.3) is 0 Å². The number of ether oxygens (including phenoxy) is 2. The average molecular weight is 435 g/mol. The summed E-state index contributed by atoms with van der Waals surface area (Å²) < 4.78 is 51.5. The van der Waals surface area contributed by atoms with E-state index in [-0.39, 0.29) is 37.1 Å². The number of carbonyl (C=O) groups is 1. The lowest BCUT2D eigenvalue weighted by Gasteiger charge is -2.45. The predicted octanol–water partition coefficient (Wildman–Crippen LogP) is 2.14. The Balaban J connectivity index is 1.41. The molecule has 0 aromatic heterocycles. The molecule has 2 bridgehead atoms. The van der Waals surface area contributed by atoms with E-state index in [1.54, 1.807) is 36.3 Å². The van der Waals surface area contributed by atoms with Crippen molar-refractivity contribution < 1.29 is 27.1 Å². The lowest BCUT2D eigenvalue weighted by Crippen LogP contribution is -2.61. The maximum absolute atomic E-state index is 13.5. The van der Waals surface area contributed by atoms with Gasteiger partial charge in [-0.05, 0) is 42.5 Å². The summed E-state index contributed by atoms with van der Waals surface area (Å²) in [5.74, 6) is 0.0828. The first-order valence-corrected chi connectivity index (χ1v) is 10.9. The van der Waals surface area contributed by atoms with Crippen LogP contribution >= 0.6 is 0 Å². The summed E-state index contributed by atoms with van der Waals surface area (Å²) in [4.78, 5) is 14.2. The summed E-state index contributed by atoms with van der Waals surface area (Å²) in [5, 5.41) is 2.83. The standard InChI is InChI=1S/C20H22FN3O5S/c1-28-16-7-5-15(6-8-16)22-20(25)23-10-17-12-24(13-18(11-23)29-17)30(26,27)19-4-2-3-14(21)9-19/h2-9,17-18H,10-13H2,1H3,(H,22,25)/t17-,18+. The SMILES string of the molecule is COc1ccc(NC(=O)N2C[C@@H]3CN(S(=O)(=O)c4cccc(F)c4)C[C@H](C2)O3)cc1. The fraction of sp³-hybridized carbons (Fsp3) is 0.350. The highest BCUT2D eigenvalue weighted by atomic mass is 32.2. The molecule has 0 radical (unpaired) electrons. The molecule has 2 aliphatic heterocycles. The fourth-order valence-electron chi connectivity index (χ4n) is 3.67. The van der Waals surface area contributed by atoms with Crippen LogP contribution < -0.4 is 10.1 Å². The zero-order chi connectivity index (χ0) is 21.3. The molecule has 2 fully saturated rings. The van der Waals surface area contributed by atoms with Crippen LogP contribution in [0.3, 0.4) is 0 Å². The number of sulfonamides is 1. The van der Waals surface area contributed by atoms with Crippen molar-refractivity contribution >= 4 is 21.7 Å². The van der Waals surface area contributed by atoms with Crippen LogP contribution in [0, 0.1) is 5.82 Å². The zero-order valence-corrected chi connectivity index (χ0v) is 17.1. The molecule has 8 nitrogen and oxygen atoms in total. The Hall–Kier alpha value is -2.69. The Labute approximate surface area is 174 Å². The highest BCUT2D eigenvalue weighted by Gasteiger charge is 2.41. The Morgan fingerprint density at radius 1 is 1.10 bits per heavy atom. The Morgan fingerprint density at radius 3 is 2.37 bits per heavy atom. The number of carbonyl (C=O) groups excluding carboxylic acids is 1. The fourth-order valence-corrected chi connectivity index (χ4v) is 5.21. The van der Waals surface area contributed by atoms with Crippen molar-refractivity contribution in [1.29, 1.82) is 0 Å². The Kier molecular flexibility index (Phi) is 5.63. The minimum atomic E-state index is -3.84. The molecule has 1 N–H and O–H groups in total. The summed E-state index contributed by atoms with van der Waals surface area (Å²) in [6.07, 6.45) is -0.912. The van der Waals surface area contributed by atoms with Gasteiger partial charge in [-0.3, -0.25) is 0 Å². The molecule has 0 saturated carbocycles. The lowest BCUT2D eigenvalue weighted by atomic mass is 10.1. The summed E-state index contributed by atoms with van der Waals surface area (Å²) in [6, 6.07) is 11.7. The molecule has 2 aromatic rings. The number of amides is 2. The molecule has 4 rings (SSSR count). The van der Waals surface area contributed by atoms with Crippen LogP contribution in [-0.4, -0.2) is 69.2 Å². The van der Waals surface area contributed by atoms with Gasteiger partial charge in [-0.2, -0.15) is 4.31 Å². The molecule has 0 unspecified atom stereocenters. The highest BCUT2D eigenvalue weighted by Crippen LogP contribution is 2.26. The number of hydrogen-bond acceptors (Lipinski definition) is 5. The van der Waals surface area contributed by atoms with Gasteiger partial charge in [0.05, 0.1) is 37.3 Å². The largest absolute Gasteiger partial charge is 0.497 e. The van der Waals surface area contributed by atoms with Gasteiger partial charge in [-0.15, -0.1) is 0 Å². The van der Waals surface area contributed by atoms with E-state index in [0.717, 1.165) is 6.07 Å². The number of halogens is 1. The Morgan fingerprint density at radius 2 is 1.77 bits per heavy atom. The van der Waals surface area contributed by atoms with Crippen molar-refractivity contribution in [3.05, 3.63) is 54.3 Å². The molecule has 2 aromatic carbocycles. The summed E-state index contributed by atoms with van der Waals surface area (Å²) in [7, 11) is -2.27. The normalized spacial score (nSPS) is 21.9. The first kappa shape index (κ1) is 20.6. The number of rotatable bonds is 4. The van der Waals surface area contributed by atoms with Gasteiger partial charge < -0.3 is 19.7 Å². The van der Waals surface area contributed by atoms with Gasteiger partial charge in [0.15, 0.2) is 0 Å². The molecular formula is C20H22FN3O5S. The number of fused-ring (bicyclic) bond motifs is 2. The number of methoxy groups -OCH3 is 1. The van der Waals surface area contributed by atoms with Crippen LogP contribution in [0.5, 0.6) is 5.75 Å². The minimum absolute atomic E-state index is 0.0865. The van der Waals surface area contributed by atoms with E-state index >= 15 is 0 Å². The maximum Gasteiger partial charge on any atom is 0.322 e. The van der Waals surface area contributed by atoms with Crippen LogP contribution in [0.15, 0.2) is 53.4 Å². The number of nitrogens with zero attached hydrogens (tertiary/aromatic N) is 2. The van der Waals surface area contributed by atoms with Gasteiger partial charge in [0.2, 0.25) is 10.0 Å². The lowest BCUT2D eigenvalue weighted by molar-refractivity contribution is -0.110. The van der Waals surface area contributed by atoms with Crippen molar-refractivity contribution in [2.75, 3.05) is 38.6 Å². The minimum Gasteiger partial charge on any atom is -0.497 e. The highest BCUT2D eigenvalue weighted by molar-refractivity contribution is 7.89. The number of urea groups is 1. The molecule has 2 heterocycles. The van der Waals surface area contributed by atoms with Crippen LogP contribution in [0.25, 0.3) is 0 Å². The second-order valence-corrected chi connectivity index (χ2v) is 9.16. The Bertz CT molecular complexity index is 1020. The van der Waals surface area contributed by atoms with E-state index in [4.69, 9.17) is 9.47 Å². The van der Waals surface area contributed by atoms with Crippen LogP contribution in [0.2, 0.25) is 0 Å². The topological polar surface area (TPSA) is 88.2 Å². The second kappa shape index (κ2) is 8.21. The van der Waals surface area contributed by atoms with Gasteiger partial charge in [-0.1, -0.05) is 6.07 Å². The first-order valence-electron chi connectivity index (χ1n) is 9.46. The maximum atomic E-state index is 13.5. The molecule has 2 aliphatic rings. The van der Waals surface area contributed by atoms with E-state index in [9.17, 15) is 17.6 Å². The van der Waals surface area contributed by atoms with Gasteiger partial charge in [0.1, 0.15) is 11.6 Å². The van der Waals surface area contributed by atoms with Crippen molar-refractivity contribution in [3.8, 4) is 5.75 Å². The third kappa shape index (κ3) is 4.25. The van der Waals surface area contributed by atoms with E-state index in [1.807, 2.05) is 0 Å². The number of morpholine rings is 2. The summed E-state index contributed by atoms with van der Waals surface area (Å²) >= 11 is 0. The van der Waals surface area contributed by atoms with E-state index in [0.29, 0.717) is 11.4 Å². The first-order chi connectivity index (χ1) is 14.3. The zero-order valence-electron chi connectivity index (χ0n) is 16.3. The average Bonchev–Trinajstić information content (AvgIpc) is 2.73.